The number of aromatic amines is 1. The molecule has 1 aromatic heterocycles. The third-order valence-electron chi connectivity index (χ3n) is 5.37. The summed E-state index contributed by atoms with van der Waals surface area (Å²) in [5.74, 6) is -0.199. The van der Waals surface area contributed by atoms with Gasteiger partial charge in [-0.2, -0.15) is 0 Å². The van der Waals surface area contributed by atoms with Crippen LogP contribution in [0.3, 0.4) is 0 Å². The highest BCUT2D eigenvalue weighted by molar-refractivity contribution is 6.33. The highest BCUT2D eigenvalue weighted by Gasteiger charge is 2.25. The van der Waals surface area contributed by atoms with Gasteiger partial charge in [0.15, 0.2) is 0 Å². The summed E-state index contributed by atoms with van der Waals surface area (Å²) in [6.07, 6.45) is 1.86. The number of nitrogens with zero attached hydrogens (tertiary/aromatic N) is 1. The van der Waals surface area contributed by atoms with Crippen molar-refractivity contribution in [1.29, 1.82) is 0 Å². The SMILES string of the molecule is Cc1cccc2cc(CN(CC3CCCO3)C(=O)c3ccccc3Cl)c(=O)[nH]c12. The quantitative estimate of drug-likeness (QED) is 0.681. The van der Waals surface area contributed by atoms with Crippen molar-refractivity contribution in [2.75, 3.05) is 13.2 Å². The molecule has 3 aromatic rings. The highest BCUT2D eigenvalue weighted by Crippen LogP contribution is 2.22. The molecular weight excluding hydrogens is 388 g/mol. The topological polar surface area (TPSA) is 62.4 Å². The summed E-state index contributed by atoms with van der Waals surface area (Å²) >= 11 is 6.26. The van der Waals surface area contributed by atoms with Crippen molar-refractivity contribution in [3.63, 3.8) is 0 Å². The minimum atomic E-state index is -0.199. The molecule has 1 amide bonds. The van der Waals surface area contributed by atoms with Gasteiger partial charge >= 0.3 is 0 Å². The molecule has 1 fully saturated rings. The first-order valence-electron chi connectivity index (χ1n) is 9.80. The fraction of sp³-hybridized carbons (Fsp3) is 0.304. The minimum absolute atomic E-state index is 0.0248. The van der Waals surface area contributed by atoms with Gasteiger partial charge in [-0.05, 0) is 48.9 Å². The Bertz CT molecular complexity index is 1100. The van der Waals surface area contributed by atoms with Gasteiger partial charge in [-0.1, -0.05) is 41.9 Å². The number of aromatic nitrogens is 1. The summed E-state index contributed by atoms with van der Waals surface area (Å²) in [5.41, 5.74) is 2.62. The van der Waals surface area contributed by atoms with E-state index in [4.69, 9.17) is 16.3 Å². The van der Waals surface area contributed by atoms with E-state index in [-0.39, 0.29) is 24.1 Å². The molecule has 4 rings (SSSR count). The number of carbonyl (C=O) groups is 1. The van der Waals surface area contributed by atoms with Gasteiger partial charge in [0, 0.05) is 18.7 Å². The van der Waals surface area contributed by atoms with Gasteiger partial charge in [0.1, 0.15) is 0 Å². The van der Waals surface area contributed by atoms with Crippen LogP contribution in [0.5, 0.6) is 0 Å². The van der Waals surface area contributed by atoms with Gasteiger partial charge < -0.3 is 14.6 Å². The maximum atomic E-state index is 13.3. The van der Waals surface area contributed by atoms with Crippen molar-refractivity contribution in [3.8, 4) is 0 Å². The Morgan fingerprint density at radius 1 is 1.24 bits per heavy atom. The third kappa shape index (κ3) is 4.21. The smallest absolute Gasteiger partial charge is 0.255 e. The number of carbonyl (C=O) groups excluding carboxylic acids is 1. The molecule has 2 heterocycles. The second-order valence-electron chi connectivity index (χ2n) is 7.46. The van der Waals surface area contributed by atoms with E-state index in [0.29, 0.717) is 29.3 Å². The summed E-state index contributed by atoms with van der Waals surface area (Å²) in [5, 5.41) is 1.35. The Morgan fingerprint density at radius 2 is 2.07 bits per heavy atom. The third-order valence-corrected chi connectivity index (χ3v) is 5.70. The van der Waals surface area contributed by atoms with Crippen molar-refractivity contribution in [3.05, 3.63) is 80.6 Å². The Kier molecular flexibility index (Phi) is 5.69. The molecule has 1 saturated heterocycles. The van der Waals surface area contributed by atoms with E-state index in [1.54, 1.807) is 29.2 Å². The van der Waals surface area contributed by atoms with Gasteiger partial charge in [0.2, 0.25) is 0 Å². The number of hydrogen-bond acceptors (Lipinski definition) is 3. The second kappa shape index (κ2) is 8.39. The van der Waals surface area contributed by atoms with Crippen LogP contribution in [-0.2, 0) is 11.3 Å². The zero-order valence-corrected chi connectivity index (χ0v) is 17.0. The maximum absolute atomic E-state index is 13.3. The molecule has 1 unspecified atom stereocenters. The molecule has 1 aliphatic heterocycles. The van der Waals surface area contributed by atoms with Crippen molar-refractivity contribution < 1.29 is 9.53 Å². The Morgan fingerprint density at radius 3 is 2.83 bits per heavy atom. The van der Waals surface area contributed by atoms with Crippen molar-refractivity contribution in [2.45, 2.75) is 32.4 Å². The lowest BCUT2D eigenvalue weighted by atomic mass is 10.1. The fourth-order valence-electron chi connectivity index (χ4n) is 3.81. The molecule has 5 nitrogen and oxygen atoms in total. The highest BCUT2D eigenvalue weighted by atomic mass is 35.5. The second-order valence-corrected chi connectivity index (χ2v) is 7.87. The van der Waals surface area contributed by atoms with E-state index in [1.165, 1.54) is 0 Å². The van der Waals surface area contributed by atoms with Gasteiger partial charge in [-0.25, -0.2) is 0 Å². The summed E-state index contributed by atoms with van der Waals surface area (Å²) < 4.78 is 5.74. The van der Waals surface area contributed by atoms with E-state index in [2.05, 4.69) is 4.98 Å². The van der Waals surface area contributed by atoms with Gasteiger partial charge in [0.25, 0.3) is 11.5 Å². The molecular formula is C23H23ClN2O3. The zero-order valence-electron chi connectivity index (χ0n) is 16.3. The first-order valence-corrected chi connectivity index (χ1v) is 10.2. The van der Waals surface area contributed by atoms with Crippen LogP contribution in [0.15, 0.2) is 53.3 Å². The average molecular weight is 411 g/mol. The first-order chi connectivity index (χ1) is 14.0. The number of hydrogen-bond donors (Lipinski definition) is 1. The molecule has 0 aliphatic carbocycles. The summed E-state index contributed by atoms with van der Waals surface area (Å²) in [7, 11) is 0. The van der Waals surface area contributed by atoms with Crippen molar-refractivity contribution >= 4 is 28.4 Å². The molecule has 29 heavy (non-hydrogen) atoms. The lowest BCUT2D eigenvalue weighted by Gasteiger charge is -2.26. The van der Waals surface area contributed by atoms with Crippen LogP contribution in [-0.4, -0.2) is 35.0 Å². The molecule has 0 radical (unpaired) electrons. The van der Waals surface area contributed by atoms with E-state index in [0.717, 1.165) is 29.3 Å². The lowest BCUT2D eigenvalue weighted by molar-refractivity contribution is 0.0506. The van der Waals surface area contributed by atoms with Crippen LogP contribution >= 0.6 is 11.6 Å². The number of amides is 1. The molecule has 0 saturated carbocycles. The number of benzene rings is 2. The Balaban J connectivity index is 1.69. The normalized spacial score (nSPS) is 16.3. The van der Waals surface area contributed by atoms with E-state index in [9.17, 15) is 9.59 Å². The van der Waals surface area contributed by atoms with E-state index in [1.807, 2.05) is 31.2 Å². The molecule has 1 atom stereocenters. The number of pyridine rings is 1. The molecule has 1 N–H and O–H groups in total. The first kappa shape index (κ1) is 19.7. The van der Waals surface area contributed by atoms with Crippen LogP contribution in [0.4, 0.5) is 0 Å². The number of fused-ring (bicyclic) bond motifs is 1. The minimum Gasteiger partial charge on any atom is -0.376 e. The van der Waals surface area contributed by atoms with Crippen LogP contribution in [0.2, 0.25) is 5.02 Å². The molecule has 1 aliphatic rings. The summed E-state index contributed by atoms with van der Waals surface area (Å²) in [6.45, 7) is 3.29. The van der Waals surface area contributed by atoms with Crippen LogP contribution in [0, 0.1) is 6.92 Å². The van der Waals surface area contributed by atoms with E-state index >= 15 is 0 Å². The van der Waals surface area contributed by atoms with Crippen LogP contribution in [0.25, 0.3) is 10.9 Å². The monoisotopic (exact) mass is 410 g/mol. The Labute approximate surface area is 174 Å². The van der Waals surface area contributed by atoms with Gasteiger partial charge in [-0.3, -0.25) is 9.59 Å². The summed E-state index contributed by atoms with van der Waals surface area (Å²) in [4.78, 5) is 30.6. The molecule has 2 aromatic carbocycles. The number of nitrogens with one attached hydrogen (secondary N) is 1. The average Bonchev–Trinajstić information content (AvgIpc) is 3.22. The number of H-pyrrole nitrogens is 1. The predicted molar refractivity (Wildman–Crippen MR) is 114 cm³/mol. The van der Waals surface area contributed by atoms with Crippen LogP contribution < -0.4 is 5.56 Å². The number of halogens is 1. The fourth-order valence-corrected chi connectivity index (χ4v) is 4.03. The zero-order chi connectivity index (χ0) is 20.4. The summed E-state index contributed by atoms with van der Waals surface area (Å²) in [6, 6.07) is 14.7. The lowest BCUT2D eigenvalue weighted by Crippen LogP contribution is -2.38. The Hall–Kier alpha value is -2.63. The number of ether oxygens (including phenoxy) is 1. The van der Waals surface area contributed by atoms with Crippen molar-refractivity contribution in [2.24, 2.45) is 0 Å². The van der Waals surface area contributed by atoms with E-state index < -0.39 is 0 Å². The van der Waals surface area contributed by atoms with Crippen LogP contribution in [0.1, 0.15) is 34.3 Å². The molecule has 6 heteroatoms. The van der Waals surface area contributed by atoms with Gasteiger partial charge in [-0.15, -0.1) is 0 Å². The number of para-hydroxylation sites is 1. The largest absolute Gasteiger partial charge is 0.376 e. The number of aryl methyl sites for hydroxylation is 1. The van der Waals surface area contributed by atoms with Crippen molar-refractivity contribution in [1.82, 2.24) is 9.88 Å². The molecule has 0 bridgehead atoms. The van der Waals surface area contributed by atoms with Gasteiger partial charge in [0.05, 0.1) is 28.8 Å². The predicted octanol–water partition coefficient (Wildman–Crippen LogP) is 4.31. The number of rotatable bonds is 5. The maximum Gasteiger partial charge on any atom is 0.255 e. The standard InChI is InChI=1S/C23H23ClN2O3/c1-15-6-4-7-16-12-17(22(27)25-21(15)16)13-26(14-18-8-5-11-29-18)23(28)19-9-2-3-10-20(19)24/h2-4,6-7,9-10,12,18H,5,8,11,13-14H2,1H3,(H,25,27). The molecule has 0 spiro atoms. The molecule has 150 valence electrons.